The number of aryl methyl sites for hydroxylation is 4. The molecule has 0 aliphatic carbocycles. The Labute approximate surface area is 162 Å². The number of hydrogen-bond donors (Lipinski definition) is 1. The van der Waals surface area contributed by atoms with Crippen molar-refractivity contribution < 1.29 is 14.7 Å². The molecule has 1 aliphatic rings. The molecule has 3 heterocycles. The van der Waals surface area contributed by atoms with Gasteiger partial charge >= 0.3 is 5.97 Å². The van der Waals surface area contributed by atoms with Gasteiger partial charge in [-0.3, -0.25) is 19.0 Å². The number of benzene rings is 1. The highest BCUT2D eigenvalue weighted by molar-refractivity contribution is 6.05. The third-order valence-electron chi connectivity index (χ3n) is 5.16. The first-order valence-corrected chi connectivity index (χ1v) is 9.42. The van der Waals surface area contributed by atoms with Crippen molar-refractivity contribution in [2.24, 2.45) is 7.05 Å². The van der Waals surface area contributed by atoms with Crippen LogP contribution in [0.1, 0.15) is 40.3 Å². The topological polar surface area (TPSA) is 93.2 Å². The van der Waals surface area contributed by atoms with Gasteiger partial charge in [-0.2, -0.15) is 10.2 Å². The largest absolute Gasteiger partial charge is 0.481 e. The summed E-state index contributed by atoms with van der Waals surface area (Å²) in [4.78, 5) is 25.9. The predicted molar refractivity (Wildman–Crippen MR) is 103 cm³/mol. The minimum absolute atomic E-state index is 0.0539. The highest BCUT2D eigenvalue weighted by atomic mass is 16.4. The molecule has 28 heavy (non-hydrogen) atoms. The molecule has 0 saturated carbocycles. The van der Waals surface area contributed by atoms with Gasteiger partial charge in [0, 0.05) is 31.9 Å². The molecular formula is C20H23N5O3. The molecule has 3 aromatic rings. The van der Waals surface area contributed by atoms with Gasteiger partial charge in [0.25, 0.3) is 5.91 Å². The molecule has 0 spiro atoms. The molecule has 8 heteroatoms. The van der Waals surface area contributed by atoms with E-state index in [2.05, 4.69) is 10.2 Å². The maximum atomic E-state index is 13.3. The van der Waals surface area contributed by atoms with E-state index in [4.69, 9.17) is 5.11 Å². The van der Waals surface area contributed by atoms with E-state index < -0.39 is 5.97 Å². The summed E-state index contributed by atoms with van der Waals surface area (Å²) in [7, 11) is 1.85. The van der Waals surface area contributed by atoms with Crippen molar-refractivity contribution in [2.45, 2.75) is 39.3 Å². The fourth-order valence-electron chi connectivity index (χ4n) is 3.74. The molecule has 1 N–H and O–H groups in total. The van der Waals surface area contributed by atoms with Crippen LogP contribution in [0.5, 0.6) is 0 Å². The molecule has 4 rings (SSSR count). The van der Waals surface area contributed by atoms with Crippen LogP contribution in [0.3, 0.4) is 0 Å². The lowest BCUT2D eigenvalue weighted by Gasteiger charge is -2.19. The Morgan fingerprint density at radius 3 is 2.79 bits per heavy atom. The smallest absolute Gasteiger partial charge is 0.303 e. The first-order valence-electron chi connectivity index (χ1n) is 9.42. The highest BCUT2D eigenvalue weighted by Gasteiger charge is 2.25. The second-order valence-electron chi connectivity index (χ2n) is 7.32. The number of aromatic nitrogens is 4. The monoisotopic (exact) mass is 381 g/mol. The minimum Gasteiger partial charge on any atom is -0.481 e. The van der Waals surface area contributed by atoms with Crippen LogP contribution in [0.2, 0.25) is 0 Å². The van der Waals surface area contributed by atoms with E-state index in [1.807, 2.05) is 47.8 Å². The molecule has 0 radical (unpaired) electrons. The van der Waals surface area contributed by atoms with E-state index in [1.54, 1.807) is 4.68 Å². The molecular weight excluding hydrogens is 358 g/mol. The number of aliphatic carboxylic acids is 1. The average molecular weight is 381 g/mol. The van der Waals surface area contributed by atoms with Crippen LogP contribution in [0.25, 0.3) is 10.9 Å². The zero-order chi connectivity index (χ0) is 19.8. The molecule has 1 aromatic carbocycles. The summed E-state index contributed by atoms with van der Waals surface area (Å²) in [6, 6.07) is 7.92. The van der Waals surface area contributed by atoms with Gasteiger partial charge in [0.05, 0.1) is 29.9 Å². The fourth-order valence-corrected chi connectivity index (χ4v) is 3.74. The van der Waals surface area contributed by atoms with E-state index in [1.165, 1.54) is 0 Å². The molecule has 146 valence electrons. The lowest BCUT2D eigenvalue weighted by Crippen LogP contribution is -2.31. The second kappa shape index (κ2) is 7.10. The number of carboxylic acids is 1. The summed E-state index contributed by atoms with van der Waals surface area (Å²) in [6.45, 7) is 3.80. The van der Waals surface area contributed by atoms with E-state index in [0.29, 0.717) is 31.7 Å². The van der Waals surface area contributed by atoms with E-state index >= 15 is 0 Å². The first-order chi connectivity index (χ1) is 13.4. The molecule has 0 saturated heterocycles. The first kappa shape index (κ1) is 18.2. The lowest BCUT2D eigenvalue weighted by atomic mass is 10.1. The van der Waals surface area contributed by atoms with Crippen molar-refractivity contribution in [3.05, 3.63) is 46.9 Å². The van der Waals surface area contributed by atoms with Gasteiger partial charge in [0.15, 0.2) is 5.69 Å². The van der Waals surface area contributed by atoms with E-state index in [-0.39, 0.29) is 12.3 Å². The average Bonchev–Trinajstić information content (AvgIpc) is 3.12. The predicted octanol–water partition coefficient (Wildman–Crippen LogP) is 2.14. The summed E-state index contributed by atoms with van der Waals surface area (Å²) in [6.07, 6.45) is 1.24. The maximum absolute atomic E-state index is 13.3. The Kier molecular flexibility index (Phi) is 4.62. The van der Waals surface area contributed by atoms with Crippen molar-refractivity contribution in [1.29, 1.82) is 0 Å². The Hall–Kier alpha value is -3.16. The van der Waals surface area contributed by atoms with E-state index in [0.717, 1.165) is 34.3 Å². The molecule has 2 aromatic heterocycles. The van der Waals surface area contributed by atoms with Crippen LogP contribution in [0, 0.1) is 6.92 Å². The summed E-state index contributed by atoms with van der Waals surface area (Å²) < 4.78 is 3.64. The number of carbonyl (C=O) groups excluding carboxylic acids is 1. The number of rotatable bonds is 4. The van der Waals surface area contributed by atoms with Gasteiger partial charge in [-0.05, 0) is 31.5 Å². The van der Waals surface area contributed by atoms with Crippen LogP contribution in [-0.4, -0.2) is 48.0 Å². The van der Waals surface area contributed by atoms with Crippen molar-refractivity contribution >= 4 is 22.8 Å². The Balaban J connectivity index is 1.61. The Bertz CT molecular complexity index is 1070. The Morgan fingerprint density at radius 1 is 1.18 bits per heavy atom. The summed E-state index contributed by atoms with van der Waals surface area (Å²) >= 11 is 0. The summed E-state index contributed by atoms with van der Waals surface area (Å²) in [5, 5.41) is 18.7. The van der Waals surface area contributed by atoms with Crippen LogP contribution >= 0.6 is 0 Å². The maximum Gasteiger partial charge on any atom is 0.303 e. The van der Waals surface area contributed by atoms with Gasteiger partial charge in [-0.15, -0.1) is 0 Å². The van der Waals surface area contributed by atoms with Crippen LogP contribution < -0.4 is 0 Å². The number of hydrogen-bond acceptors (Lipinski definition) is 4. The van der Waals surface area contributed by atoms with Crippen LogP contribution in [0.4, 0.5) is 0 Å². The van der Waals surface area contributed by atoms with Gasteiger partial charge in [-0.25, -0.2) is 0 Å². The summed E-state index contributed by atoms with van der Waals surface area (Å²) in [5.74, 6) is -0.921. The standard InChI is InChI=1S/C20H23N5O3/c1-13-4-6-17-16(10-13)19(22-23(17)2)20(28)24-8-3-9-25-15(12-24)11-14(21-25)5-7-18(26)27/h4,6,10-11H,3,5,7-9,12H2,1-2H3,(H,26,27). The van der Waals surface area contributed by atoms with Gasteiger partial charge in [0.2, 0.25) is 0 Å². The molecule has 0 atom stereocenters. The van der Waals surface area contributed by atoms with Crippen molar-refractivity contribution in [1.82, 2.24) is 24.5 Å². The zero-order valence-corrected chi connectivity index (χ0v) is 16.1. The zero-order valence-electron chi connectivity index (χ0n) is 16.1. The molecule has 1 amide bonds. The van der Waals surface area contributed by atoms with Crippen molar-refractivity contribution in [3.63, 3.8) is 0 Å². The number of nitrogens with zero attached hydrogens (tertiary/aromatic N) is 5. The number of fused-ring (bicyclic) bond motifs is 2. The summed E-state index contributed by atoms with van der Waals surface area (Å²) in [5.41, 5.74) is 4.19. The van der Waals surface area contributed by atoms with Gasteiger partial charge < -0.3 is 10.0 Å². The van der Waals surface area contributed by atoms with E-state index in [9.17, 15) is 9.59 Å². The third-order valence-corrected chi connectivity index (χ3v) is 5.16. The second-order valence-corrected chi connectivity index (χ2v) is 7.32. The Morgan fingerprint density at radius 2 is 2.00 bits per heavy atom. The van der Waals surface area contributed by atoms with Crippen LogP contribution in [0.15, 0.2) is 24.3 Å². The normalized spacial score (nSPS) is 14.1. The molecule has 0 unspecified atom stereocenters. The fraction of sp³-hybridized carbons (Fsp3) is 0.400. The lowest BCUT2D eigenvalue weighted by molar-refractivity contribution is -0.136. The minimum atomic E-state index is -0.836. The number of carboxylic acid groups (broad SMARTS) is 1. The third kappa shape index (κ3) is 3.37. The number of carbonyl (C=O) groups is 2. The van der Waals surface area contributed by atoms with Gasteiger partial charge in [-0.1, -0.05) is 11.6 Å². The number of amides is 1. The van der Waals surface area contributed by atoms with Gasteiger partial charge in [0.1, 0.15) is 0 Å². The molecule has 1 aliphatic heterocycles. The molecule has 0 bridgehead atoms. The van der Waals surface area contributed by atoms with Crippen molar-refractivity contribution in [2.75, 3.05) is 6.54 Å². The van der Waals surface area contributed by atoms with Crippen LogP contribution in [-0.2, 0) is 31.4 Å². The molecule has 8 nitrogen and oxygen atoms in total. The quantitative estimate of drug-likeness (QED) is 0.747. The van der Waals surface area contributed by atoms with Crippen molar-refractivity contribution in [3.8, 4) is 0 Å². The highest BCUT2D eigenvalue weighted by Crippen LogP contribution is 2.23. The SMILES string of the molecule is Cc1ccc2c(c1)c(C(=O)N1CCCn3nc(CCC(=O)O)cc3C1)nn2C. The molecule has 0 fully saturated rings.